The molecule has 0 bridgehead atoms. The quantitative estimate of drug-likeness (QED) is 0.838. The Hall–Kier alpha value is -2.61. The van der Waals surface area contributed by atoms with Crippen molar-refractivity contribution in [3.8, 4) is 17.4 Å². The molecule has 2 aromatic rings. The van der Waals surface area contributed by atoms with E-state index in [1.54, 1.807) is 42.6 Å². The molecule has 0 spiro atoms. The minimum atomic E-state index is -3.01. The lowest BCUT2D eigenvalue weighted by Crippen LogP contribution is -2.38. The maximum atomic E-state index is 11.8. The Balaban J connectivity index is 1.46. The summed E-state index contributed by atoms with van der Waals surface area (Å²) in [5.74, 6) is 1.39. The van der Waals surface area contributed by atoms with Crippen LogP contribution in [0.4, 0.5) is 0 Å². The Labute approximate surface area is 145 Å². The van der Waals surface area contributed by atoms with Crippen molar-refractivity contribution in [3.05, 3.63) is 48.7 Å². The van der Waals surface area contributed by atoms with Crippen molar-refractivity contribution in [1.29, 1.82) is 0 Å². The number of amides is 1. The zero-order chi connectivity index (χ0) is 17.7. The molecule has 25 heavy (non-hydrogen) atoms. The van der Waals surface area contributed by atoms with Gasteiger partial charge in [-0.15, -0.1) is 0 Å². The Morgan fingerprint density at radius 3 is 2.56 bits per heavy atom. The van der Waals surface area contributed by atoms with E-state index in [2.05, 4.69) is 10.3 Å². The molecule has 1 unspecified atom stereocenters. The molecule has 0 saturated carbocycles. The molecule has 1 aliphatic heterocycles. The average molecular weight is 362 g/mol. The van der Waals surface area contributed by atoms with Gasteiger partial charge >= 0.3 is 0 Å². The molecule has 1 aliphatic rings. The summed E-state index contributed by atoms with van der Waals surface area (Å²) >= 11 is 0. The van der Waals surface area contributed by atoms with Gasteiger partial charge in [-0.3, -0.25) is 4.79 Å². The fourth-order valence-electron chi connectivity index (χ4n) is 2.46. The first-order valence-electron chi connectivity index (χ1n) is 7.82. The van der Waals surface area contributed by atoms with Gasteiger partial charge in [0.15, 0.2) is 16.4 Å². The van der Waals surface area contributed by atoms with E-state index < -0.39 is 9.84 Å². The molecule has 1 saturated heterocycles. The summed E-state index contributed by atoms with van der Waals surface area (Å²) < 4.78 is 33.7. The highest BCUT2D eigenvalue weighted by Gasteiger charge is 2.28. The van der Waals surface area contributed by atoms with Crippen molar-refractivity contribution >= 4 is 15.7 Å². The lowest BCUT2D eigenvalue weighted by Gasteiger charge is -2.12. The third kappa shape index (κ3) is 5.18. The van der Waals surface area contributed by atoms with E-state index in [1.165, 1.54) is 0 Å². The maximum Gasteiger partial charge on any atom is 0.258 e. The molecular weight excluding hydrogens is 344 g/mol. The van der Waals surface area contributed by atoms with Crippen molar-refractivity contribution in [2.45, 2.75) is 12.5 Å². The largest absolute Gasteiger partial charge is 0.484 e. The van der Waals surface area contributed by atoms with Gasteiger partial charge in [0, 0.05) is 18.3 Å². The number of aromatic nitrogens is 1. The van der Waals surface area contributed by atoms with Crippen LogP contribution in [0.1, 0.15) is 6.42 Å². The zero-order valence-corrected chi connectivity index (χ0v) is 14.2. The number of carbonyl (C=O) groups is 1. The second-order valence-electron chi connectivity index (χ2n) is 5.70. The third-order valence-electron chi connectivity index (χ3n) is 3.65. The molecule has 1 fully saturated rings. The van der Waals surface area contributed by atoms with Crippen molar-refractivity contribution in [2.24, 2.45) is 0 Å². The maximum absolute atomic E-state index is 11.8. The first kappa shape index (κ1) is 17.2. The second-order valence-corrected chi connectivity index (χ2v) is 7.93. The fourth-order valence-corrected chi connectivity index (χ4v) is 4.13. The van der Waals surface area contributed by atoms with Crippen LogP contribution in [-0.4, -0.2) is 43.5 Å². The summed E-state index contributed by atoms with van der Waals surface area (Å²) in [5.41, 5.74) is 0. The second kappa shape index (κ2) is 7.52. The van der Waals surface area contributed by atoms with Gasteiger partial charge in [-0.25, -0.2) is 13.4 Å². The number of carbonyl (C=O) groups excluding carboxylic acids is 1. The first-order valence-corrected chi connectivity index (χ1v) is 9.64. The minimum absolute atomic E-state index is 0.00169. The van der Waals surface area contributed by atoms with E-state index in [9.17, 15) is 13.2 Å². The normalized spacial score (nSPS) is 18.5. The Morgan fingerprint density at radius 2 is 1.92 bits per heavy atom. The first-order chi connectivity index (χ1) is 12.0. The summed E-state index contributed by atoms with van der Waals surface area (Å²) in [6, 6.07) is 11.9. The molecule has 8 heteroatoms. The fraction of sp³-hybridized carbons (Fsp3) is 0.294. The van der Waals surface area contributed by atoms with E-state index in [0.717, 1.165) is 0 Å². The van der Waals surface area contributed by atoms with Crippen LogP contribution < -0.4 is 14.8 Å². The SMILES string of the molecule is O=C(COc1ccc(Oc2ccccn2)cc1)NC1CCS(=O)(=O)C1. The lowest BCUT2D eigenvalue weighted by atomic mass is 10.2. The van der Waals surface area contributed by atoms with Crippen LogP contribution in [0.5, 0.6) is 17.4 Å². The van der Waals surface area contributed by atoms with Gasteiger partial charge in [0.25, 0.3) is 5.91 Å². The molecule has 3 rings (SSSR count). The zero-order valence-electron chi connectivity index (χ0n) is 13.4. The summed E-state index contributed by atoms with van der Waals surface area (Å²) in [7, 11) is -3.01. The van der Waals surface area contributed by atoms with E-state index in [0.29, 0.717) is 23.8 Å². The van der Waals surface area contributed by atoms with Crippen molar-refractivity contribution < 1.29 is 22.7 Å². The molecule has 0 aliphatic carbocycles. The highest BCUT2D eigenvalue weighted by molar-refractivity contribution is 7.91. The standard InChI is InChI=1S/C17H18N2O5S/c20-16(19-13-8-10-25(21,22)12-13)11-23-14-4-6-15(7-5-14)24-17-3-1-2-9-18-17/h1-7,9,13H,8,10-12H2,(H,19,20). The van der Waals surface area contributed by atoms with Gasteiger partial charge < -0.3 is 14.8 Å². The molecule has 1 aromatic heterocycles. The summed E-state index contributed by atoms with van der Waals surface area (Å²) in [6.07, 6.45) is 2.09. The average Bonchev–Trinajstić information content (AvgIpc) is 2.94. The smallest absolute Gasteiger partial charge is 0.258 e. The molecule has 1 aromatic carbocycles. The van der Waals surface area contributed by atoms with Gasteiger partial charge in [0.2, 0.25) is 5.88 Å². The van der Waals surface area contributed by atoms with Crippen LogP contribution in [0.25, 0.3) is 0 Å². The number of hydrogen-bond donors (Lipinski definition) is 1. The van der Waals surface area contributed by atoms with Crippen molar-refractivity contribution in [2.75, 3.05) is 18.1 Å². The van der Waals surface area contributed by atoms with E-state index in [-0.39, 0.29) is 30.1 Å². The summed E-state index contributed by atoms with van der Waals surface area (Å²) in [4.78, 5) is 15.9. The topological polar surface area (TPSA) is 94.6 Å². The highest BCUT2D eigenvalue weighted by Crippen LogP contribution is 2.22. The van der Waals surface area contributed by atoms with E-state index >= 15 is 0 Å². The number of ether oxygens (including phenoxy) is 2. The molecule has 2 heterocycles. The van der Waals surface area contributed by atoms with E-state index in [4.69, 9.17) is 9.47 Å². The van der Waals surface area contributed by atoms with Gasteiger partial charge in [-0.2, -0.15) is 0 Å². The Kier molecular flexibility index (Phi) is 5.18. The molecular formula is C17H18N2O5S. The number of rotatable bonds is 6. The van der Waals surface area contributed by atoms with Gasteiger partial charge in [-0.1, -0.05) is 6.07 Å². The molecule has 0 radical (unpaired) electrons. The van der Waals surface area contributed by atoms with Crippen LogP contribution in [-0.2, 0) is 14.6 Å². The molecule has 7 nitrogen and oxygen atoms in total. The summed E-state index contributed by atoms with van der Waals surface area (Å²) in [5, 5.41) is 2.67. The highest BCUT2D eigenvalue weighted by atomic mass is 32.2. The monoisotopic (exact) mass is 362 g/mol. The third-order valence-corrected chi connectivity index (χ3v) is 5.42. The predicted molar refractivity (Wildman–Crippen MR) is 91.4 cm³/mol. The number of nitrogens with one attached hydrogen (secondary N) is 1. The molecule has 132 valence electrons. The van der Waals surface area contributed by atoms with Gasteiger partial charge in [0.1, 0.15) is 11.5 Å². The lowest BCUT2D eigenvalue weighted by molar-refractivity contribution is -0.123. The molecule has 1 N–H and O–H groups in total. The number of hydrogen-bond acceptors (Lipinski definition) is 6. The van der Waals surface area contributed by atoms with Crippen molar-refractivity contribution in [3.63, 3.8) is 0 Å². The Morgan fingerprint density at radius 1 is 1.16 bits per heavy atom. The minimum Gasteiger partial charge on any atom is -0.484 e. The number of nitrogens with zero attached hydrogens (tertiary/aromatic N) is 1. The number of pyridine rings is 1. The summed E-state index contributed by atoms with van der Waals surface area (Å²) in [6.45, 7) is -0.170. The van der Waals surface area contributed by atoms with Crippen LogP contribution in [0.3, 0.4) is 0 Å². The molecule has 1 atom stereocenters. The van der Waals surface area contributed by atoms with Crippen LogP contribution in [0.2, 0.25) is 0 Å². The van der Waals surface area contributed by atoms with Crippen LogP contribution in [0.15, 0.2) is 48.7 Å². The Bertz CT molecular complexity index is 822. The van der Waals surface area contributed by atoms with E-state index in [1.807, 2.05) is 6.07 Å². The number of sulfone groups is 1. The van der Waals surface area contributed by atoms with Crippen molar-refractivity contribution in [1.82, 2.24) is 10.3 Å². The predicted octanol–water partition coefficient (Wildman–Crippen LogP) is 1.56. The number of benzene rings is 1. The molecule has 1 amide bonds. The van der Waals surface area contributed by atoms with Gasteiger partial charge in [0.05, 0.1) is 11.5 Å². The van der Waals surface area contributed by atoms with Crippen LogP contribution >= 0.6 is 0 Å². The van der Waals surface area contributed by atoms with Gasteiger partial charge in [-0.05, 0) is 36.8 Å². The van der Waals surface area contributed by atoms with Crippen LogP contribution in [0, 0.1) is 0 Å².